The molecule has 1 aromatic carbocycles. The van der Waals surface area contributed by atoms with Crippen molar-refractivity contribution >= 4 is 33.7 Å². The van der Waals surface area contributed by atoms with Crippen molar-refractivity contribution in [3.63, 3.8) is 0 Å². The molecule has 0 aromatic heterocycles. The van der Waals surface area contributed by atoms with Crippen molar-refractivity contribution in [2.45, 2.75) is 38.1 Å². The lowest BCUT2D eigenvalue weighted by atomic mass is 9.95. The van der Waals surface area contributed by atoms with Crippen LogP contribution >= 0.6 is 11.6 Å². The van der Waals surface area contributed by atoms with E-state index in [1.54, 1.807) is 0 Å². The van der Waals surface area contributed by atoms with Crippen LogP contribution < -0.4 is 5.43 Å². The van der Waals surface area contributed by atoms with Crippen LogP contribution in [0, 0.1) is 5.82 Å². The van der Waals surface area contributed by atoms with Gasteiger partial charge in [0.15, 0.2) is 0 Å². The molecular weight excluding hydrogens is 369 g/mol. The molecule has 0 saturated heterocycles. The van der Waals surface area contributed by atoms with Crippen molar-refractivity contribution in [3.8, 4) is 0 Å². The maximum atomic E-state index is 13.6. The number of hydrazone groups is 1. The van der Waals surface area contributed by atoms with Gasteiger partial charge in [0.25, 0.3) is 5.91 Å². The van der Waals surface area contributed by atoms with Gasteiger partial charge < -0.3 is 0 Å². The molecule has 0 spiro atoms. The Bertz CT molecular complexity index is 729. The lowest BCUT2D eigenvalue weighted by Gasteiger charge is -2.31. The first-order chi connectivity index (χ1) is 11.8. The van der Waals surface area contributed by atoms with Gasteiger partial charge in [-0.3, -0.25) is 4.79 Å². The van der Waals surface area contributed by atoms with Crippen LogP contribution in [-0.2, 0) is 14.8 Å². The summed E-state index contributed by atoms with van der Waals surface area (Å²) < 4.78 is 38.8. The summed E-state index contributed by atoms with van der Waals surface area (Å²) in [6, 6.07) is 4.02. The van der Waals surface area contributed by atoms with Crippen molar-refractivity contribution in [1.82, 2.24) is 9.73 Å². The van der Waals surface area contributed by atoms with E-state index >= 15 is 0 Å². The highest BCUT2D eigenvalue weighted by Crippen LogP contribution is 2.24. The molecule has 1 aliphatic rings. The molecule has 2 rings (SSSR count). The zero-order valence-corrected chi connectivity index (χ0v) is 15.5. The smallest absolute Gasteiger partial charge is 0.255 e. The third-order valence-electron chi connectivity index (χ3n) is 4.09. The number of sulfonamides is 1. The molecule has 1 amide bonds. The lowest BCUT2D eigenvalue weighted by molar-refractivity contribution is -0.121. The molecule has 138 valence electrons. The van der Waals surface area contributed by atoms with Crippen LogP contribution in [0.25, 0.3) is 0 Å². The highest BCUT2D eigenvalue weighted by Gasteiger charge is 2.29. The van der Waals surface area contributed by atoms with Gasteiger partial charge in [-0.2, -0.15) is 9.41 Å². The summed E-state index contributed by atoms with van der Waals surface area (Å²) in [4.78, 5) is 12.0. The second kappa shape index (κ2) is 8.73. The Kier molecular flexibility index (Phi) is 6.92. The van der Waals surface area contributed by atoms with E-state index in [1.807, 2.05) is 0 Å². The second-order valence-corrected chi connectivity index (χ2v) is 8.37. The fraction of sp³-hybridized carbons (Fsp3) is 0.500. The molecule has 0 bridgehead atoms. The average molecular weight is 390 g/mol. The molecule has 6 nitrogen and oxygen atoms in total. The molecule has 1 aliphatic carbocycles. The van der Waals surface area contributed by atoms with Gasteiger partial charge in [-0.1, -0.05) is 36.9 Å². The van der Waals surface area contributed by atoms with Crippen molar-refractivity contribution in [1.29, 1.82) is 0 Å². The monoisotopic (exact) mass is 389 g/mol. The van der Waals surface area contributed by atoms with Crippen LogP contribution in [-0.4, -0.2) is 43.7 Å². The number of carbonyl (C=O) groups is 1. The minimum absolute atomic E-state index is 0.0525. The third kappa shape index (κ3) is 5.76. The summed E-state index contributed by atoms with van der Waals surface area (Å²) in [6.45, 7) is -0.314. The first-order valence-corrected chi connectivity index (χ1v) is 10.2. The Morgan fingerprint density at radius 2 is 2.08 bits per heavy atom. The summed E-state index contributed by atoms with van der Waals surface area (Å²) in [5, 5.41) is 3.84. The van der Waals surface area contributed by atoms with Gasteiger partial charge in [-0.15, -0.1) is 0 Å². The molecule has 1 aromatic rings. The van der Waals surface area contributed by atoms with Gasteiger partial charge in [0.05, 0.1) is 24.0 Å². The highest BCUT2D eigenvalue weighted by molar-refractivity contribution is 7.88. The number of amides is 1. The van der Waals surface area contributed by atoms with Gasteiger partial charge in [0.2, 0.25) is 10.0 Å². The summed E-state index contributed by atoms with van der Waals surface area (Å²) in [5.41, 5.74) is 2.28. The van der Waals surface area contributed by atoms with E-state index < -0.39 is 21.7 Å². The molecule has 0 heterocycles. The van der Waals surface area contributed by atoms with Gasteiger partial charge in [0.1, 0.15) is 5.82 Å². The van der Waals surface area contributed by atoms with Crippen LogP contribution in [0.2, 0.25) is 5.02 Å². The molecular formula is C16H21ClFN3O3S. The van der Waals surface area contributed by atoms with Crippen LogP contribution in [0.15, 0.2) is 23.3 Å². The summed E-state index contributed by atoms with van der Waals surface area (Å²) in [5.74, 6) is -1.15. The number of nitrogens with zero attached hydrogens (tertiary/aromatic N) is 2. The highest BCUT2D eigenvalue weighted by atomic mass is 35.5. The quantitative estimate of drug-likeness (QED) is 0.599. The predicted molar refractivity (Wildman–Crippen MR) is 95.6 cm³/mol. The standard InChI is InChI=1S/C16H21ClFN3O3S/c1-25(23,24)21(12-6-3-2-4-7-12)11-16(22)20-19-10-13-14(17)8-5-9-15(13)18/h5,8-10,12H,2-4,6-7,11H2,1H3,(H,20,22). The van der Waals surface area contributed by atoms with E-state index in [0.29, 0.717) is 0 Å². The number of benzene rings is 1. The molecule has 0 aliphatic heterocycles. The largest absolute Gasteiger partial charge is 0.272 e. The first kappa shape index (κ1) is 19.8. The van der Waals surface area contributed by atoms with E-state index in [2.05, 4.69) is 10.5 Å². The molecule has 25 heavy (non-hydrogen) atoms. The molecule has 1 saturated carbocycles. The fourth-order valence-electron chi connectivity index (χ4n) is 2.87. The number of nitrogens with one attached hydrogen (secondary N) is 1. The van der Waals surface area contributed by atoms with Gasteiger partial charge >= 0.3 is 0 Å². The number of hydrogen-bond donors (Lipinski definition) is 1. The molecule has 1 fully saturated rings. The van der Waals surface area contributed by atoms with Crippen LogP contribution in [0.1, 0.15) is 37.7 Å². The van der Waals surface area contributed by atoms with E-state index in [4.69, 9.17) is 11.6 Å². The molecule has 0 unspecified atom stereocenters. The van der Waals surface area contributed by atoms with E-state index in [1.165, 1.54) is 22.5 Å². The number of halogens is 2. The normalized spacial score (nSPS) is 16.5. The van der Waals surface area contributed by atoms with Gasteiger partial charge in [-0.25, -0.2) is 18.2 Å². The fourth-order valence-corrected chi connectivity index (χ4v) is 4.18. The topological polar surface area (TPSA) is 78.8 Å². The maximum Gasteiger partial charge on any atom is 0.255 e. The van der Waals surface area contributed by atoms with Crippen molar-refractivity contribution in [3.05, 3.63) is 34.6 Å². The van der Waals surface area contributed by atoms with Crippen LogP contribution in [0.4, 0.5) is 4.39 Å². The van der Waals surface area contributed by atoms with Crippen LogP contribution in [0.5, 0.6) is 0 Å². The Labute approximate surface area is 152 Å². The van der Waals surface area contributed by atoms with E-state index in [9.17, 15) is 17.6 Å². The first-order valence-electron chi connectivity index (χ1n) is 8.02. The molecule has 0 radical (unpaired) electrons. The van der Waals surface area contributed by atoms with Crippen molar-refractivity contribution < 1.29 is 17.6 Å². The van der Waals surface area contributed by atoms with Crippen LogP contribution in [0.3, 0.4) is 0 Å². The van der Waals surface area contributed by atoms with Crippen molar-refractivity contribution in [2.24, 2.45) is 5.10 Å². The Balaban J connectivity index is 2.00. The summed E-state index contributed by atoms with van der Waals surface area (Å²) >= 11 is 5.86. The summed E-state index contributed by atoms with van der Waals surface area (Å²) in [7, 11) is -3.51. The third-order valence-corrected chi connectivity index (χ3v) is 5.70. The second-order valence-electron chi connectivity index (χ2n) is 6.03. The SMILES string of the molecule is CS(=O)(=O)N(CC(=O)NN=Cc1c(F)cccc1Cl)C1CCCCC1. The zero-order valence-electron chi connectivity index (χ0n) is 13.9. The molecule has 1 N–H and O–H groups in total. The maximum absolute atomic E-state index is 13.6. The minimum atomic E-state index is -3.51. The van der Waals surface area contributed by atoms with Gasteiger partial charge in [0, 0.05) is 11.6 Å². The lowest BCUT2D eigenvalue weighted by Crippen LogP contribution is -2.45. The predicted octanol–water partition coefficient (Wildman–Crippen LogP) is 2.52. The van der Waals surface area contributed by atoms with E-state index in [0.717, 1.165) is 44.6 Å². The van der Waals surface area contributed by atoms with Crippen molar-refractivity contribution in [2.75, 3.05) is 12.8 Å². The average Bonchev–Trinajstić information content (AvgIpc) is 2.55. The number of carbonyl (C=O) groups excluding carboxylic acids is 1. The minimum Gasteiger partial charge on any atom is -0.272 e. The van der Waals surface area contributed by atoms with Gasteiger partial charge in [-0.05, 0) is 25.0 Å². The number of hydrogen-bond acceptors (Lipinski definition) is 4. The molecule has 0 atom stereocenters. The Morgan fingerprint density at radius 1 is 1.40 bits per heavy atom. The Morgan fingerprint density at radius 3 is 2.68 bits per heavy atom. The summed E-state index contributed by atoms with van der Waals surface area (Å²) in [6.07, 6.45) is 6.65. The zero-order chi connectivity index (χ0) is 18.4. The Hall–Kier alpha value is -1.51. The molecule has 9 heteroatoms. The van der Waals surface area contributed by atoms with E-state index in [-0.39, 0.29) is 23.2 Å². The number of rotatable bonds is 6.